The summed E-state index contributed by atoms with van der Waals surface area (Å²) in [6, 6.07) is 8.25. The second kappa shape index (κ2) is 8.66. The largest absolute Gasteiger partial charge is 0.481 e. The van der Waals surface area contributed by atoms with Gasteiger partial charge in [0.15, 0.2) is 0 Å². The van der Waals surface area contributed by atoms with Crippen molar-refractivity contribution in [3.63, 3.8) is 0 Å². The molecule has 2 aliphatic rings. The summed E-state index contributed by atoms with van der Waals surface area (Å²) in [7, 11) is 0. The van der Waals surface area contributed by atoms with Gasteiger partial charge in [-0.3, -0.25) is 14.5 Å². The number of thioether (sulfide) groups is 1. The number of amides is 1. The van der Waals surface area contributed by atoms with E-state index in [1.807, 2.05) is 18.2 Å². The average molecular weight is 419 g/mol. The van der Waals surface area contributed by atoms with Gasteiger partial charge in [-0.1, -0.05) is 56.4 Å². The Morgan fingerprint density at radius 1 is 1.29 bits per heavy atom. The summed E-state index contributed by atoms with van der Waals surface area (Å²) in [4.78, 5) is 27.6. The first-order valence-electron chi connectivity index (χ1n) is 9.63. The first kappa shape index (κ1) is 20.9. The molecule has 0 unspecified atom stereocenters. The van der Waals surface area contributed by atoms with Gasteiger partial charge in [0.1, 0.15) is 4.32 Å². The lowest BCUT2D eigenvalue weighted by molar-refractivity contribution is -0.137. The molecule has 0 saturated carbocycles. The lowest BCUT2D eigenvalue weighted by atomic mass is 9.78. The Bertz CT molecular complexity index is 796. The fourth-order valence-electron chi connectivity index (χ4n) is 3.49. The highest BCUT2D eigenvalue weighted by Gasteiger charge is 2.32. The standard InChI is InChI=1S/C21H26N2O3S2/c1-3-21(2)9-12-22(13-10-21)16-6-4-15(5-7-16)14-17-19(26)23(20(27)28-17)11-8-18(24)25/h4-7,14H,3,8-13H2,1-2H3,(H,24,25)/b17-14-. The lowest BCUT2D eigenvalue weighted by Gasteiger charge is -2.40. The lowest BCUT2D eigenvalue weighted by Crippen LogP contribution is -2.38. The molecule has 1 aromatic carbocycles. The predicted molar refractivity (Wildman–Crippen MR) is 118 cm³/mol. The van der Waals surface area contributed by atoms with Crippen LogP contribution >= 0.6 is 24.0 Å². The second-order valence-electron chi connectivity index (χ2n) is 7.72. The van der Waals surface area contributed by atoms with Gasteiger partial charge in [0.2, 0.25) is 0 Å². The first-order valence-corrected chi connectivity index (χ1v) is 10.9. The van der Waals surface area contributed by atoms with Gasteiger partial charge >= 0.3 is 5.97 Å². The molecule has 1 aromatic rings. The van der Waals surface area contributed by atoms with Gasteiger partial charge in [-0.25, -0.2) is 0 Å². The summed E-state index contributed by atoms with van der Waals surface area (Å²) in [5.74, 6) is -1.15. The molecule has 2 aliphatic heterocycles. The summed E-state index contributed by atoms with van der Waals surface area (Å²) < 4.78 is 0.418. The Morgan fingerprint density at radius 2 is 1.93 bits per heavy atom. The number of carboxylic acid groups (broad SMARTS) is 1. The third-order valence-electron chi connectivity index (χ3n) is 5.80. The van der Waals surface area contributed by atoms with Crippen LogP contribution in [0.15, 0.2) is 29.2 Å². The molecule has 28 heavy (non-hydrogen) atoms. The van der Waals surface area contributed by atoms with Crippen molar-refractivity contribution in [3.8, 4) is 0 Å². The van der Waals surface area contributed by atoms with Crippen molar-refractivity contribution in [2.24, 2.45) is 5.41 Å². The number of nitrogens with zero attached hydrogens (tertiary/aromatic N) is 2. The van der Waals surface area contributed by atoms with Crippen molar-refractivity contribution in [2.45, 2.75) is 39.5 Å². The summed E-state index contributed by atoms with van der Waals surface area (Å²) in [5, 5.41) is 8.82. The molecule has 2 fully saturated rings. The SMILES string of the molecule is CCC1(C)CCN(c2ccc(/C=C3\SC(=S)N(CCC(=O)O)C3=O)cc2)CC1. The maximum atomic E-state index is 12.5. The van der Waals surface area contributed by atoms with Crippen molar-refractivity contribution >= 4 is 51.9 Å². The van der Waals surface area contributed by atoms with E-state index in [4.69, 9.17) is 17.3 Å². The fraction of sp³-hybridized carbons (Fsp3) is 0.476. The molecule has 3 rings (SSSR count). The zero-order chi connectivity index (χ0) is 20.3. The van der Waals surface area contributed by atoms with Crippen molar-refractivity contribution in [3.05, 3.63) is 34.7 Å². The highest BCUT2D eigenvalue weighted by atomic mass is 32.2. The van der Waals surface area contributed by atoms with Gasteiger partial charge in [-0.15, -0.1) is 0 Å². The molecule has 0 aromatic heterocycles. The molecule has 0 aliphatic carbocycles. The Labute approximate surface area is 175 Å². The molecular formula is C21H26N2O3S2. The summed E-state index contributed by atoms with van der Waals surface area (Å²) in [6.07, 6.45) is 5.37. The van der Waals surface area contributed by atoms with E-state index in [-0.39, 0.29) is 18.9 Å². The zero-order valence-electron chi connectivity index (χ0n) is 16.3. The molecule has 0 bridgehead atoms. The first-order chi connectivity index (χ1) is 13.3. The van der Waals surface area contributed by atoms with Gasteiger partial charge in [0.25, 0.3) is 5.91 Å². The third kappa shape index (κ3) is 4.75. The maximum absolute atomic E-state index is 12.5. The van der Waals surface area contributed by atoms with Crippen LogP contribution in [0.5, 0.6) is 0 Å². The highest BCUT2D eigenvalue weighted by molar-refractivity contribution is 8.26. The molecule has 2 saturated heterocycles. The van der Waals surface area contributed by atoms with Crippen LogP contribution in [-0.2, 0) is 9.59 Å². The number of aliphatic carboxylic acids is 1. The highest BCUT2D eigenvalue weighted by Crippen LogP contribution is 2.36. The van der Waals surface area contributed by atoms with Gasteiger partial charge in [0, 0.05) is 25.3 Å². The molecule has 150 valence electrons. The number of anilines is 1. The number of rotatable bonds is 6. The normalized spacial score (nSPS) is 20.9. The van der Waals surface area contributed by atoms with Crippen LogP contribution < -0.4 is 4.90 Å². The van der Waals surface area contributed by atoms with Crippen molar-refractivity contribution < 1.29 is 14.7 Å². The summed E-state index contributed by atoms with van der Waals surface area (Å²) in [6.45, 7) is 6.91. The number of hydrogen-bond donors (Lipinski definition) is 1. The molecule has 0 radical (unpaired) electrons. The number of carbonyl (C=O) groups is 2. The molecule has 1 amide bonds. The Balaban J connectivity index is 1.65. The van der Waals surface area contributed by atoms with E-state index < -0.39 is 5.97 Å². The number of benzene rings is 1. The van der Waals surface area contributed by atoms with Gasteiger partial charge in [0.05, 0.1) is 11.3 Å². The summed E-state index contributed by atoms with van der Waals surface area (Å²) >= 11 is 6.45. The van der Waals surface area contributed by atoms with E-state index in [2.05, 4.69) is 30.9 Å². The molecular weight excluding hydrogens is 392 g/mol. The number of hydrogen-bond acceptors (Lipinski definition) is 5. The smallest absolute Gasteiger partial charge is 0.305 e. The van der Waals surface area contributed by atoms with E-state index in [9.17, 15) is 9.59 Å². The van der Waals surface area contributed by atoms with Gasteiger partial charge in [-0.05, 0) is 42.0 Å². The monoisotopic (exact) mass is 418 g/mol. The Hall–Kier alpha value is -1.86. The Morgan fingerprint density at radius 3 is 2.50 bits per heavy atom. The number of carbonyl (C=O) groups excluding carboxylic acids is 1. The van der Waals surface area contributed by atoms with Gasteiger partial charge < -0.3 is 10.0 Å². The van der Waals surface area contributed by atoms with Crippen LogP contribution in [0.1, 0.15) is 45.1 Å². The molecule has 0 spiro atoms. The molecule has 5 nitrogen and oxygen atoms in total. The van der Waals surface area contributed by atoms with E-state index in [0.717, 1.165) is 18.7 Å². The maximum Gasteiger partial charge on any atom is 0.305 e. The van der Waals surface area contributed by atoms with Crippen LogP contribution in [0.25, 0.3) is 6.08 Å². The van der Waals surface area contributed by atoms with Crippen LogP contribution in [0.4, 0.5) is 5.69 Å². The number of piperidine rings is 1. The zero-order valence-corrected chi connectivity index (χ0v) is 17.9. The molecule has 1 N–H and O–H groups in total. The quantitative estimate of drug-likeness (QED) is 0.546. The minimum atomic E-state index is -0.939. The molecule has 2 heterocycles. The van der Waals surface area contributed by atoms with Gasteiger partial charge in [-0.2, -0.15) is 0 Å². The topological polar surface area (TPSA) is 60.9 Å². The number of carboxylic acids is 1. The predicted octanol–water partition coefficient (Wildman–Crippen LogP) is 4.38. The van der Waals surface area contributed by atoms with E-state index in [1.54, 1.807) is 0 Å². The number of thiocarbonyl (C=S) groups is 1. The minimum Gasteiger partial charge on any atom is -0.481 e. The Kier molecular flexibility index (Phi) is 6.45. The van der Waals surface area contributed by atoms with Crippen molar-refractivity contribution in [1.82, 2.24) is 4.90 Å². The summed E-state index contributed by atoms with van der Waals surface area (Å²) in [5.41, 5.74) is 2.62. The second-order valence-corrected chi connectivity index (χ2v) is 9.40. The van der Waals surface area contributed by atoms with Crippen molar-refractivity contribution in [2.75, 3.05) is 24.5 Å². The average Bonchev–Trinajstić information content (AvgIpc) is 2.94. The van der Waals surface area contributed by atoms with Crippen LogP contribution in [-0.4, -0.2) is 45.8 Å². The molecule has 7 heteroatoms. The minimum absolute atomic E-state index is 0.110. The third-order valence-corrected chi connectivity index (χ3v) is 7.18. The van der Waals surface area contributed by atoms with Crippen LogP contribution in [0, 0.1) is 5.41 Å². The van der Waals surface area contributed by atoms with Crippen molar-refractivity contribution in [1.29, 1.82) is 0 Å². The van der Waals surface area contributed by atoms with Crippen LogP contribution in [0.2, 0.25) is 0 Å². The fourth-order valence-corrected chi connectivity index (χ4v) is 4.80. The van der Waals surface area contributed by atoms with E-state index in [1.165, 1.54) is 41.6 Å². The van der Waals surface area contributed by atoms with E-state index in [0.29, 0.717) is 14.6 Å². The van der Waals surface area contributed by atoms with Crippen LogP contribution in [0.3, 0.4) is 0 Å². The molecule has 0 atom stereocenters. The van der Waals surface area contributed by atoms with E-state index >= 15 is 0 Å².